The van der Waals surface area contributed by atoms with E-state index in [1.54, 1.807) is 12.1 Å². The van der Waals surface area contributed by atoms with Gasteiger partial charge in [0.2, 0.25) is 0 Å². The van der Waals surface area contributed by atoms with Crippen LogP contribution in [0.1, 0.15) is 17.2 Å². The topological polar surface area (TPSA) is 63.7 Å². The van der Waals surface area contributed by atoms with Crippen LogP contribution < -0.4 is 0 Å². The maximum atomic E-state index is 13.0. The summed E-state index contributed by atoms with van der Waals surface area (Å²) in [5, 5.41) is 3.70. The van der Waals surface area contributed by atoms with Gasteiger partial charge in [-0.25, -0.2) is 13.2 Å². The molecule has 1 aromatic carbocycles. The average Bonchev–Trinajstić information content (AvgIpc) is 3.03. The van der Waals surface area contributed by atoms with Gasteiger partial charge in [0.25, 0.3) is 10.0 Å². The van der Waals surface area contributed by atoms with Gasteiger partial charge in [-0.1, -0.05) is 33.6 Å². The number of aryl methyl sites for hydroxylation is 1. The summed E-state index contributed by atoms with van der Waals surface area (Å²) in [6, 6.07) is 7.59. The predicted molar refractivity (Wildman–Crippen MR) is 91.3 cm³/mol. The van der Waals surface area contributed by atoms with Crippen LogP contribution in [0.3, 0.4) is 0 Å². The molecule has 8 heteroatoms. The van der Waals surface area contributed by atoms with E-state index in [0.29, 0.717) is 0 Å². The number of alkyl halides is 1. The molecule has 1 fully saturated rings. The first-order valence-electron chi connectivity index (χ1n) is 6.85. The zero-order chi connectivity index (χ0) is 16.6. The summed E-state index contributed by atoms with van der Waals surface area (Å²) in [7, 11) is -4.00. The number of nitrogens with zero attached hydrogens (tertiary/aromatic N) is 1. The van der Waals surface area contributed by atoms with Gasteiger partial charge in [0.05, 0.1) is 15.8 Å². The molecule has 0 aliphatic carbocycles. The van der Waals surface area contributed by atoms with Gasteiger partial charge in [0.1, 0.15) is 6.61 Å². The Kier molecular flexibility index (Phi) is 4.48. The van der Waals surface area contributed by atoms with Gasteiger partial charge >= 0.3 is 6.09 Å². The van der Waals surface area contributed by atoms with E-state index in [9.17, 15) is 13.2 Å². The number of amides is 1. The highest BCUT2D eigenvalue weighted by Crippen LogP contribution is 2.38. The van der Waals surface area contributed by atoms with Crippen LogP contribution in [0.2, 0.25) is 0 Å². The second-order valence-electron chi connectivity index (χ2n) is 5.21. The molecule has 5 nitrogen and oxygen atoms in total. The quantitative estimate of drug-likeness (QED) is 0.716. The number of cyclic esters (lactones) is 1. The normalized spacial score (nSPS) is 22.0. The largest absolute Gasteiger partial charge is 0.447 e. The molecule has 2 aromatic rings. The van der Waals surface area contributed by atoms with E-state index in [-0.39, 0.29) is 16.3 Å². The Labute approximate surface area is 147 Å². The molecular formula is C15H14BrNO4S2. The van der Waals surface area contributed by atoms with Crippen LogP contribution in [0.15, 0.2) is 46.0 Å². The summed E-state index contributed by atoms with van der Waals surface area (Å²) >= 11 is 4.89. The van der Waals surface area contributed by atoms with Crippen molar-refractivity contribution in [2.45, 2.75) is 22.7 Å². The summed E-state index contributed by atoms with van der Waals surface area (Å²) in [5.41, 5.74) is 1.71. The van der Waals surface area contributed by atoms with Gasteiger partial charge in [-0.2, -0.15) is 15.6 Å². The Morgan fingerprint density at radius 3 is 2.57 bits per heavy atom. The molecule has 1 saturated heterocycles. The van der Waals surface area contributed by atoms with E-state index in [2.05, 4.69) is 15.9 Å². The first-order chi connectivity index (χ1) is 10.9. The number of rotatable bonds is 3. The monoisotopic (exact) mass is 415 g/mol. The highest BCUT2D eigenvalue weighted by molar-refractivity contribution is 9.09. The molecule has 0 bridgehead atoms. The summed E-state index contributed by atoms with van der Waals surface area (Å²) in [6.45, 7) is 1.99. The third-order valence-corrected chi connectivity index (χ3v) is 6.83. The van der Waals surface area contributed by atoms with Crippen molar-refractivity contribution in [2.24, 2.45) is 0 Å². The molecular weight excluding hydrogens is 402 g/mol. The number of hydrogen-bond donors (Lipinski definition) is 0. The van der Waals surface area contributed by atoms with Crippen molar-refractivity contribution in [1.82, 2.24) is 4.31 Å². The number of thiophene rings is 1. The lowest BCUT2D eigenvalue weighted by molar-refractivity contribution is 0.0840. The highest BCUT2D eigenvalue weighted by Gasteiger charge is 2.45. The fourth-order valence-electron chi connectivity index (χ4n) is 2.43. The number of benzene rings is 1. The molecule has 1 aromatic heterocycles. The minimum absolute atomic E-state index is 0.0712. The SMILES string of the molecule is Cc1ccc(S(=O)(=O)N2C(=O)OC[C@H](Br)[C@H]2c2ccsc2)cc1. The minimum atomic E-state index is -4.00. The fraction of sp³-hybridized carbons (Fsp3) is 0.267. The Morgan fingerprint density at radius 2 is 1.96 bits per heavy atom. The summed E-state index contributed by atoms with van der Waals surface area (Å²) in [4.78, 5) is 12.0. The van der Waals surface area contributed by atoms with Gasteiger partial charge in [-0.3, -0.25) is 0 Å². The van der Waals surface area contributed by atoms with E-state index in [4.69, 9.17) is 4.74 Å². The lowest BCUT2D eigenvalue weighted by Gasteiger charge is -2.36. The average molecular weight is 416 g/mol. The maximum Gasteiger partial charge on any atom is 0.424 e. The fourth-order valence-corrected chi connectivity index (χ4v) is 5.47. The van der Waals surface area contributed by atoms with Crippen molar-refractivity contribution >= 4 is 43.4 Å². The Bertz CT molecular complexity index is 803. The van der Waals surface area contributed by atoms with Crippen LogP contribution in [0.5, 0.6) is 0 Å². The standard InChI is InChI=1S/C15H14BrNO4S2/c1-10-2-4-12(5-3-10)23(19,20)17-14(11-6-7-22-9-11)13(16)8-21-15(17)18/h2-7,9,13-14H,8H2,1H3/t13-,14+/m0/s1. The van der Waals surface area contributed by atoms with Crippen molar-refractivity contribution in [3.63, 3.8) is 0 Å². The van der Waals surface area contributed by atoms with Gasteiger partial charge in [0.15, 0.2) is 0 Å². The van der Waals surface area contributed by atoms with E-state index in [1.165, 1.54) is 23.5 Å². The van der Waals surface area contributed by atoms with Crippen LogP contribution in [0.4, 0.5) is 4.79 Å². The zero-order valence-corrected chi connectivity index (χ0v) is 15.4. The van der Waals surface area contributed by atoms with Crippen LogP contribution in [0.25, 0.3) is 0 Å². The molecule has 1 amide bonds. The molecule has 1 aliphatic rings. The molecule has 0 saturated carbocycles. The number of ether oxygens (including phenoxy) is 1. The van der Waals surface area contributed by atoms with Gasteiger partial charge in [-0.15, -0.1) is 0 Å². The predicted octanol–water partition coefficient (Wildman–Crippen LogP) is 3.70. The molecule has 0 unspecified atom stereocenters. The Balaban J connectivity index is 2.09. The van der Waals surface area contributed by atoms with Gasteiger partial charge in [-0.05, 0) is 41.4 Å². The first-order valence-corrected chi connectivity index (χ1v) is 10.1. The molecule has 122 valence electrons. The number of carbonyl (C=O) groups is 1. The van der Waals surface area contributed by atoms with Crippen LogP contribution in [0, 0.1) is 6.92 Å². The second-order valence-corrected chi connectivity index (χ2v) is 8.98. The van der Waals surface area contributed by atoms with Crippen molar-refractivity contribution in [3.05, 3.63) is 52.2 Å². The van der Waals surface area contributed by atoms with Crippen molar-refractivity contribution in [3.8, 4) is 0 Å². The van der Waals surface area contributed by atoms with E-state index in [1.807, 2.05) is 23.8 Å². The second kappa shape index (κ2) is 6.26. The smallest absolute Gasteiger partial charge is 0.424 e. The molecule has 3 rings (SSSR count). The lowest BCUT2D eigenvalue weighted by atomic mass is 10.1. The van der Waals surface area contributed by atoms with Crippen LogP contribution in [-0.2, 0) is 14.8 Å². The Hall–Kier alpha value is -1.38. The van der Waals surface area contributed by atoms with Crippen molar-refractivity contribution in [2.75, 3.05) is 6.61 Å². The summed E-state index contributed by atoms with van der Waals surface area (Å²) < 4.78 is 31.8. The minimum Gasteiger partial charge on any atom is -0.447 e. The highest BCUT2D eigenvalue weighted by atomic mass is 79.9. The van der Waals surface area contributed by atoms with Crippen molar-refractivity contribution < 1.29 is 17.9 Å². The summed E-state index contributed by atoms with van der Waals surface area (Å²) in [5.74, 6) is 0. The number of sulfonamides is 1. The molecule has 0 N–H and O–H groups in total. The molecule has 0 radical (unpaired) electrons. The van der Waals surface area contributed by atoms with E-state index < -0.39 is 22.2 Å². The zero-order valence-electron chi connectivity index (χ0n) is 12.2. The third-order valence-electron chi connectivity index (χ3n) is 3.60. The number of carbonyl (C=O) groups excluding carboxylic acids is 1. The van der Waals surface area contributed by atoms with E-state index >= 15 is 0 Å². The molecule has 0 spiro atoms. The molecule has 23 heavy (non-hydrogen) atoms. The van der Waals surface area contributed by atoms with Gasteiger partial charge in [0, 0.05) is 0 Å². The molecule has 2 heterocycles. The summed E-state index contributed by atoms with van der Waals surface area (Å²) in [6.07, 6.45) is -0.850. The first kappa shape index (κ1) is 16.5. The molecule has 2 atom stereocenters. The maximum absolute atomic E-state index is 13.0. The lowest BCUT2D eigenvalue weighted by Crippen LogP contribution is -2.49. The third kappa shape index (κ3) is 3.02. The van der Waals surface area contributed by atoms with Crippen LogP contribution in [-0.4, -0.2) is 30.3 Å². The number of hydrogen-bond acceptors (Lipinski definition) is 5. The Morgan fingerprint density at radius 1 is 1.26 bits per heavy atom. The van der Waals surface area contributed by atoms with Crippen molar-refractivity contribution in [1.29, 1.82) is 0 Å². The van der Waals surface area contributed by atoms with Crippen LogP contribution >= 0.6 is 27.3 Å². The van der Waals surface area contributed by atoms with Gasteiger partial charge < -0.3 is 4.74 Å². The molecule has 1 aliphatic heterocycles. The van der Waals surface area contributed by atoms with E-state index in [0.717, 1.165) is 15.4 Å². The number of halogens is 1.